The fourth-order valence-electron chi connectivity index (χ4n) is 11.4. The molecule has 2 heterocycles. The van der Waals surface area contributed by atoms with E-state index in [1.807, 2.05) is 6.08 Å². The molecule has 0 fully saturated rings. The van der Waals surface area contributed by atoms with Gasteiger partial charge in [-0.15, -0.1) is 0 Å². The molecule has 1 spiro atoms. The minimum Gasteiger partial charge on any atom is -0.308 e. The average molecular weight is 810 g/mol. The molecule has 63 heavy (non-hydrogen) atoms. The van der Waals surface area contributed by atoms with Crippen LogP contribution in [0.25, 0.3) is 50.1 Å². The number of allylic oxidation sites excluding steroid dienone is 9. The van der Waals surface area contributed by atoms with E-state index in [1.54, 1.807) is 0 Å². The van der Waals surface area contributed by atoms with Gasteiger partial charge in [-0.05, 0) is 135 Å². The third kappa shape index (κ3) is 5.23. The highest BCUT2D eigenvalue weighted by molar-refractivity contribution is 5.97. The van der Waals surface area contributed by atoms with Gasteiger partial charge in [0.15, 0.2) is 0 Å². The summed E-state index contributed by atoms with van der Waals surface area (Å²) in [5, 5.41) is 0. The normalized spacial score (nSPS) is 18.8. The average Bonchev–Trinajstić information content (AvgIpc) is 4.01. The third-order valence-electron chi connectivity index (χ3n) is 14.2. The summed E-state index contributed by atoms with van der Waals surface area (Å²) in [5.74, 6) is 1.07. The van der Waals surface area contributed by atoms with Crippen molar-refractivity contribution in [2.45, 2.75) is 44.4 Å². The number of imidazole rings is 1. The zero-order chi connectivity index (χ0) is 42.5. The van der Waals surface area contributed by atoms with Gasteiger partial charge in [0.1, 0.15) is 11.2 Å². The van der Waals surface area contributed by atoms with Crippen LogP contribution >= 0.6 is 0 Å². The third-order valence-corrected chi connectivity index (χ3v) is 14.2. The summed E-state index contributed by atoms with van der Waals surface area (Å²) in [5.41, 5.74) is 22.7. The topological polar surface area (TPSA) is 21.1 Å². The van der Waals surface area contributed by atoms with E-state index < -0.39 is 5.41 Å². The van der Waals surface area contributed by atoms with E-state index in [4.69, 9.17) is 4.98 Å². The van der Waals surface area contributed by atoms with E-state index in [-0.39, 0.29) is 5.41 Å². The summed E-state index contributed by atoms with van der Waals surface area (Å²) in [6.45, 7) is 10.8. The quantitative estimate of drug-likeness (QED) is 0.167. The lowest BCUT2D eigenvalue weighted by Crippen LogP contribution is -2.28. The number of nitrogens with zero attached hydrogens (tertiary/aromatic N) is 3. The lowest BCUT2D eigenvalue weighted by Gasteiger charge is -2.31. The minimum atomic E-state index is -0.547. The Balaban J connectivity index is 1.07. The Hall–Kier alpha value is -7.49. The standard InChI is InChI=1S/C60H47N3/c1-5-17-49-45(6-2)48-37-32-42(38-53(48)59(49,3)4)41-30-35-44(36-31-41)62(43-33-28-40(29-34-43)39-18-8-7-9-19-39)56-27-16-24-52-57(56)63-55-26-15-14-25-54(55)61-58(63)60(52)50-22-12-10-20-46(50)47-21-11-13-23-51(47)60/h5-10,12-20,22-38H,1,11,21H2,2-4H3/b45-6-,49-17+. The smallest absolute Gasteiger partial charge is 0.134 e. The Bertz CT molecular complexity index is 3310. The maximum atomic E-state index is 5.59. The van der Waals surface area contributed by atoms with Gasteiger partial charge in [-0.25, -0.2) is 4.98 Å². The molecule has 12 rings (SSSR count). The monoisotopic (exact) mass is 809 g/mol. The molecule has 1 unspecified atom stereocenters. The highest BCUT2D eigenvalue weighted by Crippen LogP contribution is 2.63. The predicted octanol–water partition coefficient (Wildman–Crippen LogP) is 15.4. The highest BCUT2D eigenvalue weighted by Gasteiger charge is 2.55. The molecule has 1 aromatic heterocycles. The van der Waals surface area contributed by atoms with Crippen LogP contribution in [0.2, 0.25) is 0 Å². The Morgan fingerprint density at radius 3 is 2.08 bits per heavy atom. The lowest BCUT2D eigenvalue weighted by molar-refractivity contribution is 0.661. The molecule has 1 atom stereocenters. The van der Waals surface area contributed by atoms with Crippen LogP contribution in [0.3, 0.4) is 0 Å². The summed E-state index contributed by atoms with van der Waals surface area (Å²) >= 11 is 0. The summed E-state index contributed by atoms with van der Waals surface area (Å²) in [4.78, 5) is 8.05. The number of hydrogen-bond acceptors (Lipinski definition) is 2. The van der Waals surface area contributed by atoms with Gasteiger partial charge in [-0.3, -0.25) is 4.57 Å². The number of fused-ring (bicyclic) bond motifs is 12. The van der Waals surface area contributed by atoms with Crippen LogP contribution in [0.15, 0.2) is 212 Å². The van der Waals surface area contributed by atoms with Gasteiger partial charge >= 0.3 is 0 Å². The van der Waals surface area contributed by atoms with Crippen molar-refractivity contribution in [3.8, 4) is 27.9 Å². The van der Waals surface area contributed by atoms with Crippen molar-refractivity contribution in [1.29, 1.82) is 0 Å². The number of rotatable bonds is 6. The number of aromatic nitrogens is 2. The first-order valence-electron chi connectivity index (χ1n) is 22.3. The number of benzene rings is 7. The SMILES string of the molecule is C=C/C=C1\C(=C/C)c2ccc(-c3ccc(N(c4ccc(-c5ccccc5)cc4)c4cccc5c4-n4c(nc6ccccc64)C54C5=C(CCC=C5)c5ccccc54)cc3)cc2C1(C)C. The van der Waals surface area contributed by atoms with Crippen molar-refractivity contribution in [2.24, 2.45) is 0 Å². The van der Waals surface area contributed by atoms with E-state index in [0.717, 1.165) is 46.8 Å². The fraction of sp³-hybridized carbons (Fsp3) is 0.117. The zero-order valence-corrected chi connectivity index (χ0v) is 35.9. The maximum Gasteiger partial charge on any atom is 0.134 e. The molecule has 302 valence electrons. The highest BCUT2D eigenvalue weighted by atomic mass is 15.2. The van der Waals surface area contributed by atoms with Gasteiger partial charge in [0.2, 0.25) is 0 Å². The largest absolute Gasteiger partial charge is 0.308 e. The summed E-state index contributed by atoms with van der Waals surface area (Å²) in [7, 11) is 0. The van der Waals surface area contributed by atoms with Crippen LogP contribution in [0.5, 0.6) is 0 Å². The Labute approximate surface area is 370 Å². The number of anilines is 3. The Kier molecular flexibility index (Phi) is 8.30. The molecule has 0 bridgehead atoms. The van der Waals surface area contributed by atoms with Crippen molar-refractivity contribution in [1.82, 2.24) is 9.55 Å². The predicted molar refractivity (Wildman–Crippen MR) is 263 cm³/mol. The first-order chi connectivity index (χ1) is 30.9. The van der Waals surface area contributed by atoms with Crippen LogP contribution in [0, 0.1) is 0 Å². The second kappa shape index (κ2) is 14.0. The van der Waals surface area contributed by atoms with Crippen LogP contribution < -0.4 is 4.90 Å². The summed E-state index contributed by atoms with van der Waals surface area (Å²) in [6.07, 6.45) is 13.2. The van der Waals surface area contributed by atoms with Crippen LogP contribution in [0.4, 0.5) is 17.1 Å². The van der Waals surface area contributed by atoms with E-state index in [0.29, 0.717) is 0 Å². The van der Waals surface area contributed by atoms with E-state index in [2.05, 4.69) is 225 Å². The van der Waals surface area contributed by atoms with Crippen molar-refractivity contribution in [2.75, 3.05) is 4.90 Å². The fourth-order valence-corrected chi connectivity index (χ4v) is 11.4. The minimum absolute atomic E-state index is 0.129. The van der Waals surface area contributed by atoms with Crippen LogP contribution in [-0.2, 0) is 10.8 Å². The van der Waals surface area contributed by atoms with Gasteiger partial charge in [0.05, 0.1) is 22.4 Å². The van der Waals surface area contributed by atoms with Crippen LogP contribution in [0.1, 0.15) is 67.3 Å². The molecule has 0 saturated heterocycles. The summed E-state index contributed by atoms with van der Waals surface area (Å²) < 4.78 is 2.48. The summed E-state index contributed by atoms with van der Waals surface area (Å²) in [6, 6.07) is 60.5. The van der Waals surface area contributed by atoms with Crippen LogP contribution in [-0.4, -0.2) is 9.55 Å². The van der Waals surface area contributed by atoms with Crippen molar-refractivity contribution >= 4 is 39.2 Å². The maximum absolute atomic E-state index is 5.59. The second-order valence-corrected chi connectivity index (χ2v) is 17.8. The molecule has 1 aliphatic heterocycles. The number of hydrogen-bond donors (Lipinski definition) is 0. The van der Waals surface area contributed by atoms with E-state index in [1.165, 1.54) is 78.1 Å². The van der Waals surface area contributed by atoms with Gasteiger partial charge in [-0.2, -0.15) is 0 Å². The molecule has 0 saturated carbocycles. The van der Waals surface area contributed by atoms with E-state index >= 15 is 0 Å². The second-order valence-electron chi connectivity index (χ2n) is 17.8. The van der Waals surface area contributed by atoms with Crippen molar-refractivity contribution in [3.63, 3.8) is 0 Å². The zero-order valence-electron chi connectivity index (χ0n) is 35.9. The molecule has 7 aromatic carbocycles. The first-order valence-corrected chi connectivity index (χ1v) is 22.3. The first kappa shape index (κ1) is 37.3. The molecule has 4 aliphatic rings. The molecule has 3 aliphatic carbocycles. The van der Waals surface area contributed by atoms with Gasteiger partial charge in [-0.1, -0.05) is 166 Å². The Morgan fingerprint density at radius 1 is 0.651 bits per heavy atom. The molecule has 0 amide bonds. The molecule has 3 heteroatoms. The molecule has 0 N–H and O–H groups in total. The Morgan fingerprint density at radius 2 is 1.32 bits per heavy atom. The molecule has 0 radical (unpaired) electrons. The lowest BCUT2D eigenvalue weighted by atomic mass is 9.71. The molecular weight excluding hydrogens is 763 g/mol. The van der Waals surface area contributed by atoms with Gasteiger partial charge in [0, 0.05) is 22.4 Å². The van der Waals surface area contributed by atoms with Gasteiger partial charge < -0.3 is 4.90 Å². The van der Waals surface area contributed by atoms with E-state index in [9.17, 15) is 0 Å². The molecular formula is C60H47N3. The van der Waals surface area contributed by atoms with Crippen molar-refractivity contribution in [3.05, 3.63) is 246 Å². The number of para-hydroxylation sites is 3. The molecule has 8 aromatic rings. The van der Waals surface area contributed by atoms with Gasteiger partial charge in [0.25, 0.3) is 0 Å². The van der Waals surface area contributed by atoms with Crippen molar-refractivity contribution < 1.29 is 0 Å². The molecule has 3 nitrogen and oxygen atoms in total.